The first-order valence-electron chi connectivity index (χ1n) is 7.48. The summed E-state index contributed by atoms with van der Waals surface area (Å²) in [5, 5.41) is 11.1. The van der Waals surface area contributed by atoms with E-state index in [0.29, 0.717) is 0 Å². The number of para-hydroxylation sites is 1. The van der Waals surface area contributed by atoms with Gasteiger partial charge in [-0.3, -0.25) is 15.1 Å². The van der Waals surface area contributed by atoms with E-state index in [2.05, 4.69) is 4.98 Å². The lowest BCUT2D eigenvalue weighted by Crippen LogP contribution is -2.34. The van der Waals surface area contributed by atoms with E-state index in [0.717, 1.165) is 5.56 Å². The van der Waals surface area contributed by atoms with Gasteiger partial charge in [-0.25, -0.2) is 8.42 Å². The van der Waals surface area contributed by atoms with Crippen LogP contribution in [0.5, 0.6) is 0 Å². The number of pyridine rings is 1. The average molecular weight is 349 g/mol. The van der Waals surface area contributed by atoms with E-state index in [1.165, 1.54) is 22.5 Å². The van der Waals surface area contributed by atoms with Crippen molar-refractivity contribution in [3.8, 4) is 0 Å². The molecule has 128 valence electrons. The Hall–Kier alpha value is -2.32. The molecule has 1 aromatic heterocycles. The highest BCUT2D eigenvalue weighted by molar-refractivity contribution is 7.88. The molecule has 0 radical (unpaired) electrons. The number of rotatable bonds is 7. The van der Waals surface area contributed by atoms with Crippen LogP contribution in [-0.2, 0) is 15.8 Å². The molecule has 1 unspecified atom stereocenters. The second kappa shape index (κ2) is 7.50. The van der Waals surface area contributed by atoms with Crippen molar-refractivity contribution in [3.63, 3.8) is 0 Å². The minimum absolute atomic E-state index is 0.180. The molecule has 1 aromatic carbocycles. The molecule has 2 aromatic rings. The molecule has 0 spiro atoms. The third-order valence-electron chi connectivity index (χ3n) is 3.79. The van der Waals surface area contributed by atoms with Crippen LogP contribution in [0.1, 0.15) is 31.0 Å². The fourth-order valence-electron chi connectivity index (χ4n) is 2.59. The number of nitro benzene ring substituents is 1. The number of nitro groups is 1. The second-order valence-electron chi connectivity index (χ2n) is 5.31. The summed E-state index contributed by atoms with van der Waals surface area (Å²) in [5.41, 5.74) is 0.760. The highest BCUT2D eigenvalue weighted by Gasteiger charge is 2.29. The zero-order chi connectivity index (χ0) is 17.7. The molecule has 0 N–H and O–H groups in total. The normalized spacial score (nSPS) is 13.0. The van der Waals surface area contributed by atoms with Crippen molar-refractivity contribution in [1.82, 2.24) is 9.29 Å². The van der Waals surface area contributed by atoms with E-state index < -0.39 is 26.7 Å². The lowest BCUT2D eigenvalue weighted by atomic mass is 10.1. The predicted octanol–water partition coefficient (Wildman–Crippen LogP) is 2.90. The van der Waals surface area contributed by atoms with Crippen molar-refractivity contribution in [2.24, 2.45) is 0 Å². The number of sulfonamides is 1. The molecule has 2 rings (SSSR count). The van der Waals surface area contributed by atoms with Gasteiger partial charge < -0.3 is 0 Å². The number of benzene rings is 1. The van der Waals surface area contributed by atoms with Crippen LogP contribution in [0.25, 0.3) is 0 Å². The topological polar surface area (TPSA) is 93.4 Å². The van der Waals surface area contributed by atoms with Gasteiger partial charge in [0.15, 0.2) is 0 Å². The van der Waals surface area contributed by atoms with E-state index >= 15 is 0 Å². The molecule has 7 nitrogen and oxygen atoms in total. The SMILES string of the molecule is CCN(C(C)c1cccnc1)S(=O)(=O)Cc1ccccc1[N+](=O)[O-]. The molecule has 0 aliphatic rings. The average Bonchev–Trinajstić information content (AvgIpc) is 2.55. The first kappa shape index (κ1) is 18.0. The molecule has 0 fully saturated rings. The Bertz CT molecular complexity index is 809. The number of hydrogen-bond donors (Lipinski definition) is 0. The Balaban J connectivity index is 2.33. The summed E-state index contributed by atoms with van der Waals surface area (Å²) in [6.45, 7) is 3.78. The zero-order valence-corrected chi connectivity index (χ0v) is 14.3. The van der Waals surface area contributed by atoms with E-state index in [4.69, 9.17) is 0 Å². The molecule has 0 aliphatic heterocycles. The monoisotopic (exact) mass is 349 g/mol. The van der Waals surface area contributed by atoms with Gasteiger partial charge in [0.05, 0.1) is 10.7 Å². The summed E-state index contributed by atoms with van der Waals surface area (Å²) in [5.74, 6) is -0.414. The minimum atomic E-state index is -3.73. The highest BCUT2D eigenvalue weighted by Crippen LogP contribution is 2.27. The number of aromatic nitrogens is 1. The van der Waals surface area contributed by atoms with Gasteiger partial charge in [0, 0.05) is 36.6 Å². The molecule has 8 heteroatoms. The van der Waals surface area contributed by atoms with Crippen molar-refractivity contribution in [1.29, 1.82) is 0 Å². The summed E-state index contributed by atoms with van der Waals surface area (Å²) in [4.78, 5) is 14.5. The van der Waals surface area contributed by atoms with Crippen LogP contribution in [0.2, 0.25) is 0 Å². The molecule has 0 saturated carbocycles. The molecule has 24 heavy (non-hydrogen) atoms. The Morgan fingerprint density at radius 1 is 1.25 bits per heavy atom. The van der Waals surface area contributed by atoms with Crippen molar-refractivity contribution in [2.75, 3.05) is 6.54 Å². The Morgan fingerprint density at radius 3 is 2.54 bits per heavy atom. The smallest absolute Gasteiger partial charge is 0.264 e. The van der Waals surface area contributed by atoms with Crippen molar-refractivity contribution in [3.05, 3.63) is 70.0 Å². The van der Waals surface area contributed by atoms with E-state index in [-0.39, 0.29) is 17.8 Å². The standard InChI is InChI=1S/C16H19N3O4S/c1-3-18(13(2)14-8-6-10-17-11-14)24(22,23)12-15-7-4-5-9-16(15)19(20)21/h4-11,13H,3,12H2,1-2H3. The predicted molar refractivity (Wildman–Crippen MR) is 90.8 cm³/mol. The van der Waals surface area contributed by atoms with Gasteiger partial charge in [-0.05, 0) is 18.6 Å². The lowest BCUT2D eigenvalue weighted by Gasteiger charge is -2.27. The lowest BCUT2D eigenvalue weighted by molar-refractivity contribution is -0.385. The van der Waals surface area contributed by atoms with Crippen LogP contribution in [0.3, 0.4) is 0 Å². The van der Waals surface area contributed by atoms with E-state index in [1.807, 2.05) is 0 Å². The Labute approximate surface area is 141 Å². The molecule has 0 saturated heterocycles. The summed E-state index contributed by atoms with van der Waals surface area (Å²) in [6.07, 6.45) is 3.24. The van der Waals surface area contributed by atoms with Crippen LogP contribution < -0.4 is 0 Å². The van der Waals surface area contributed by atoms with Crippen molar-refractivity contribution < 1.29 is 13.3 Å². The summed E-state index contributed by atoms with van der Waals surface area (Å²) >= 11 is 0. The van der Waals surface area contributed by atoms with Crippen LogP contribution in [0.4, 0.5) is 5.69 Å². The first-order chi connectivity index (χ1) is 11.4. The quantitative estimate of drug-likeness (QED) is 0.566. The summed E-state index contributed by atoms with van der Waals surface area (Å²) < 4.78 is 26.9. The Kier molecular flexibility index (Phi) is 5.63. The van der Waals surface area contributed by atoms with Crippen LogP contribution in [0.15, 0.2) is 48.8 Å². The van der Waals surface area contributed by atoms with Gasteiger partial charge in [-0.15, -0.1) is 0 Å². The maximum atomic E-state index is 12.8. The van der Waals surface area contributed by atoms with Crippen LogP contribution >= 0.6 is 0 Å². The Morgan fingerprint density at radius 2 is 1.96 bits per heavy atom. The van der Waals surface area contributed by atoms with E-state index in [9.17, 15) is 18.5 Å². The largest absolute Gasteiger partial charge is 0.273 e. The second-order valence-corrected chi connectivity index (χ2v) is 7.23. The third kappa shape index (κ3) is 3.95. The minimum Gasteiger partial charge on any atom is -0.264 e. The van der Waals surface area contributed by atoms with Crippen LogP contribution in [0, 0.1) is 10.1 Å². The number of hydrogen-bond acceptors (Lipinski definition) is 5. The fourth-order valence-corrected chi connectivity index (χ4v) is 4.39. The van der Waals surface area contributed by atoms with Crippen molar-refractivity contribution in [2.45, 2.75) is 25.6 Å². The first-order valence-corrected chi connectivity index (χ1v) is 9.09. The summed E-state index contributed by atoms with van der Waals surface area (Å²) in [6, 6.07) is 9.04. The highest BCUT2D eigenvalue weighted by atomic mass is 32.2. The van der Waals surface area contributed by atoms with Gasteiger partial charge in [0.1, 0.15) is 0 Å². The van der Waals surface area contributed by atoms with Gasteiger partial charge in [-0.1, -0.05) is 31.2 Å². The van der Waals surface area contributed by atoms with Crippen LogP contribution in [-0.4, -0.2) is 29.2 Å². The van der Waals surface area contributed by atoms with Crippen molar-refractivity contribution >= 4 is 15.7 Å². The van der Waals surface area contributed by atoms with Gasteiger partial charge in [0.2, 0.25) is 10.0 Å². The molecular weight excluding hydrogens is 330 g/mol. The fraction of sp³-hybridized carbons (Fsp3) is 0.312. The zero-order valence-electron chi connectivity index (χ0n) is 13.5. The molecule has 0 amide bonds. The van der Waals surface area contributed by atoms with Gasteiger partial charge >= 0.3 is 0 Å². The maximum absolute atomic E-state index is 12.8. The van der Waals surface area contributed by atoms with Gasteiger partial charge in [-0.2, -0.15) is 4.31 Å². The number of nitrogens with zero attached hydrogens (tertiary/aromatic N) is 3. The maximum Gasteiger partial charge on any atom is 0.273 e. The molecule has 1 heterocycles. The molecule has 0 bridgehead atoms. The molecular formula is C16H19N3O4S. The van der Waals surface area contributed by atoms with Gasteiger partial charge in [0.25, 0.3) is 5.69 Å². The molecule has 0 aliphatic carbocycles. The summed E-state index contributed by atoms with van der Waals surface area (Å²) in [7, 11) is -3.73. The third-order valence-corrected chi connectivity index (χ3v) is 5.76. The molecule has 1 atom stereocenters. The van der Waals surface area contributed by atoms with E-state index in [1.54, 1.807) is 44.4 Å².